The van der Waals surface area contributed by atoms with Crippen LogP contribution in [0.4, 0.5) is 5.82 Å². The monoisotopic (exact) mass is 268 g/mol. The summed E-state index contributed by atoms with van der Waals surface area (Å²) < 4.78 is 0. The van der Waals surface area contributed by atoms with Gasteiger partial charge in [0.2, 0.25) is 0 Å². The van der Waals surface area contributed by atoms with Gasteiger partial charge < -0.3 is 4.90 Å². The van der Waals surface area contributed by atoms with Gasteiger partial charge in [-0.1, -0.05) is 18.5 Å². The van der Waals surface area contributed by atoms with Crippen molar-refractivity contribution in [2.45, 2.75) is 33.2 Å². The Morgan fingerprint density at radius 1 is 1.22 bits per heavy atom. The van der Waals surface area contributed by atoms with Gasteiger partial charge in [0, 0.05) is 37.8 Å². The first-order chi connectivity index (χ1) is 8.63. The van der Waals surface area contributed by atoms with Crippen LogP contribution in [0, 0.1) is 0 Å². The van der Waals surface area contributed by atoms with E-state index in [9.17, 15) is 0 Å². The Morgan fingerprint density at radius 3 is 2.44 bits per heavy atom. The number of aromatic nitrogens is 2. The van der Waals surface area contributed by atoms with Gasteiger partial charge in [0.25, 0.3) is 0 Å². The molecule has 1 saturated heterocycles. The number of nitrogens with zero attached hydrogens (tertiary/aromatic N) is 4. The highest BCUT2D eigenvalue weighted by Gasteiger charge is 2.22. The van der Waals surface area contributed by atoms with Crippen molar-refractivity contribution < 1.29 is 0 Å². The fourth-order valence-corrected chi connectivity index (χ4v) is 2.67. The number of halogens is 1. The van der Waals surface area contributed by atoms with E-state index in [4.69, 9.17) is 11.6 Å². The molecule has 0 radical (unpaired) electrons. The number of piperazine rings is 1. The molecule has 0 N–H and O–H groups in total. The highest BCUT2D eigenvalue weighted by Crippen LogP contribution is 2.24. The van der Waals surface area contributed by atoms with Crippen LogP contribution in [-0.4, -0.2) is 47.1 Å². The number of hydrogen-bond donors (Lipinski definition) is 0. The summed E-state index contributed by atoms with van der Waals surface area (Å²) in [4.78, 5) is 13.3. The zero-order valence-electron chi connectivity index (χ0n) is 11.4. The van der Waals surface area contributed by atoms with E-state index < -0.39 is 0 Å². The van der Waals surface area contributed by atoms with Crippen LogP contribution in [0.3, 0.4) is 0 Å². The van der Waals surface area contributed by atoms with Crippen LogP contribution in [0.5, 0.6) is 0 Å². The molecule has 100 valence electrons. The van der Waals surface area contributed by atoms with E-state index in [-0.39, 0.29) is 0 Å². The van der Waals surface area contributed by atoms with E-state index in [2.05, 4.69) is 40.5 Å². The summed E-state index contributed by atoms with van der Waals surface area (Å²) in [6.45, 7) is 10.8. The van der Waals surface area contributed by atoms with Gasteiger partial charge in [0.1, 0.15) is 17.3 Å². The molecule has 18 heavy (non-hydrogen) atoms. The summed E-state index contributed by atoms with van der Waals surface area (Å²) in [7, 11) is 0. The first-order valence-electron chi connectivity index (χ1n) is 6.61. The molecule has 2 rings (SSSR count). The number of hydrogen-bond acceptors (Lipinski definition) is 4. The molecule has 5 heteroatoms. The van der Waals surface area contributed by atoms with Gasteiger partial charge in [-0.05, 0) is 20.3 Å². The lowest BCUT2D eigenvalue weighted by Crippen LogP contribution is -2.49. The molecule has 0 spiro atoms. The zero-order chi connectivity index (χ0) is 13.1. The van der Waals surface area contributed by atoms with Crippen molar-refractivity contribution in [1.29, 1.82) is 0 Å². The molecule has 1 fully saturated rings. The molecule has 1 aromatic heterocycles. The summed E-state index contributed by atoms with van der Waals surface area (Å²) in [5.41, 5.74) is 1.07. The van der Waals surface area contributed by atoms with Crippen LogP contribution in [0.2, 0.25) is 5.15 Å². The Bertz CT molecular complexity index is 400. The third-order valence-corrected chi connectivity index (χ3v) is 3.89. The first kappa shape index (κ1) is 13.6. The normalized spacial score (nSPS) is 17.5. The highest BCUT2D eigenvalue weighted by atomic mass is 35.5. The molecule has 0 bridgehead atoms. The predicted octanol–water partition coefficient (Wildman–Crippen LogP) is 2.22. The van der Waals surface area contributed by atoms with Crippen LogP contribution < -0.4 is 4.90 Å². The van der Waals surface area contributed by atoms with Crippen molar-refractivity contribution in [3.05, 3.63) is 17.0 Å². The van der Waals surface area contributed by atoms with E-state index in [0.29, 0.717) is 11.2 Å². The maximum atomic E-state index is 6.14. The van der Waals surface area contributed by atoms with Gasteiger partial charge in [-0.2, -0.15) is 0 Å². The summed E-state index contributed by atoms with van der Waals surface area (Å²) in [5.74, 6) is 1.01. The molecule has 0 unspecified atom stereocenters. The van der Waals surface area contributed by atoms with Crippen molar-refractivity contribution in [2.75, 3.05) is 31.1 Å². The fraction of sp³-hybridized carbons (Fsp3) is 0.692. The van der Waals surface area contributed by atoms with Gasteiger partial charge >= 0.3 is 0 Å². The third kappa shape index (κ3) is 2.75. The molecule has 0 amide bonds. The largest absolute Gasteiger partial charge is 0.354 e. The van der Waals surface area contributed by atoms with E-state index in [1.165, 1.54) is 0 Å². The van der Waals surface area contributed by atoms with E-state index >= 15 is 0 Å². The summed E-state index contributed by atoms with van der Waals surface area (Å²) in [6, 6.07) is 0.617. The zero-order valence-corrected chi connectivity index (χ0v) is 12.1. The Balaban J connectivity index is 2.12. The topological polar surface area (TPSA) is 32.3 Å². The molecule has 0 saturated carbocycles. The molecule has 1 aliphatic rings. The number of anilines is 1. The van der Waals surface area contributed by atoms with Gasteiger partial charge in [-0.15, -0.1) is 0 Å². The Kier molecular flexibility index (Phi) is 4.40. The Hall–Kier alpha value is -0.870. The standard InChI is InChI=1S/C13H21ClN4/c1-4-11-12(14)15-9-16-13(11)18-7-5-17(6-8-18)10(2)3/h9-10H,4-8H2,1-3H3. The summed E-state index contributed by atoms with van der Waals surface area (Å²) in [6.07, 6.45) is 2.44. The predicted molar refractivity (Wildman–Crippen MR) is 75.3 cm³/mol. The van der Waals surface area contributed by atoms with Gasteiger partial charge in [-0.25, -0.2) is 9.97 Å². The lowest BCUT2D eigenvalue weighted by atomic mass is 10.2. The lowest BCUT2D eigenvalue weighted by Gasteiger charge is -2.38. The molecular weight excluding hydrogens is 248 g/mol. The average molecular weight is 269 g/mol. The molecule has 1 aromatic rings. The third-order valence-electron chi connectivity index (χ3n) is 3.57. The van der Waals surface area contributed by atoms with Crippen LogP contribution in [-0.2, 0) is 6.42 Å². The van der Waals surface area contributed by atoms with Crippen molar-refractivity contribution in [1.82, 2.24) is 14.9 Å². The minimum atomic E-state index is 0.591. The smallest absolute Gasteiger partial charge is 0.137 e. The van der Waals surface area contributed by atoms with Gasteiger partial charge in [0.15, 0.2) is 0 Å². The lowest BCUT2D eigenvalue weighted by molar-refractivity contribution is 0.209. The van der Waals surface area contributed by atoms with Crippen molar-refractivity contribution in [2.24, 2.45) is 0 Å². The minimum Gasteiger partial charge on any atom is -0.354 e. The van der Waals surface area contributed by atoms with Crippen LogP contribution in [0.1, 0.15) is 26.3 Å². The van der Waals surface area contributed by atoms with Gasteiger partial charge in [-0.3, -0.25) is 4.90 Å². The molecule has 0 aromatic carbocycles. The molecular formula is C13H21ClN4. The van der Waals surface area contributed by atoms with Crippen molar-refractivity contribution >= 4 is 17.4 Å². The first-order valence-corrected chi connectivity index (χ1v) is 6.99. The van der Waals surface area contributed by atoms with Gasteiger partial charge in [0.05, 0.1) is 0 Å². The molecule has 0 aliphatic carbocycles. The second-order valence-electron chi connectivity index (χ2n) is 4.94. The second-order valence-corrected chi connectivity index (χ2v) is 5.29. The van der Waals surface area contributed by atoms with E-state index in [0.717, 1.165) is 44.0 Å². The highest BCUT2D eigenvalue weighted by molar-refractivity contribution is 6.30. The van der Waals surface area contributed by atoms with Crippen LogP contribution in [0.25, 0.3) is 0 Å². The Morgan fingerprint density at radius 2 is 1.89 bits per heavy atom. The maximum absolute atomic E-state index is 6.14. The quantitative estimate of drug-likeness (QED) is 0.787. The molecule has 2 heterocycles. The van der Waals surface area contributed by atoms with Crippen LogP contribution in [0.15, 0.2) is 6.33 Å². The summed E-state index contributed by atoms with van der Waals surface area (Å²) in [5, 5.41) is 0.591. The number of rotatable bonds is 3. The molecule has 0 atom stereocenters. The maximum Gasteiger partial charge on any atom is 0.137 e. The van der Waals surface area contributed by atoms with E-state index in [1.807, 2.05) is 0 Å². The molecule has 4 nitrogen and oxygen atoms in total. The van der Waals surface area contributed by atoms with E-state index in [1.54, 1.807) is 6.33 Å². The summed E-state index contributed by atoms with van der Waals surface area (Å²) >= 11 is 6.14. The fourth-order valence-electron chi connectivity index (χ4n) is 2.41. The SMILES string of the molecule is CCc1c(Cl)ncnc1N1CCN(C(C)C)CC1. The van der Waals surface area contributed by atoms with Crippen LogP contribution >= 0.6 is 11.6 Å². The Labute approximate surface area is 114 Å². The molecule has 1 aliphatic heterocycles. The van der Waals surface area contributed by atoms with Crippen molar-refractivity contribution in [3.8, 4) is 0 Å². The average Bonchev–Trinajstić information content (AvgIpc) is 2.38. The van der Waals surface area contributed by atoms with Crippen molar-refractivity contribution in [3.63, 3.8) is 0 Å². The second kappa shape index (κ2) is 5.85. The minimum absolute atomic E-state index is 0.591.